The third-order valence-electron chi connectivity index (χ3n) is 2.95. The van der Waals surface area contributed by atoms with E-state index in [9.17, 15) is 4.79 Å². The molecule has 0 radical (unpaired) electrons. The summed E-state index contributed by atoms with van der Waals surface area (Å²) in [7, 11) is 0. The Morgan fingerprint density at radius 3 is 2.68 bits per heavy atom. The van der Waals surface area contributed by atoms with Crippen LogP contribution in [0.15, 0.2) is 64.1 Å². The van der Waals surface area contributed by atoms with Gasteiger partial charge in [0, 0.05) is 10.4 Å². The smallest absolute Gasteiger partial charge is 0.255 e. The summed E-state index contributed by atoms with van der Waals surface area (Å²) in [6.45, 7) is 0. The molecule has 0 unspecified atom stereocenters. The van der Waals surface area contributed by atoms with Crippen molar-refractivity contribution in [2.45, 2.75) is 0 Å². The van der Waals surface area contributed by atoms with Gasteiger partial charge in [-0.2, -0.15) is 5.10 Å². The van der Waals surface area contributed by atoms with Gasteiger partial charge in [-0.3, -0.25) is 10.2 Å². The molecule has 0 atom stereocenters. The van der Waals surface area contributed by atoms with Crippen LogP contribution < -0.4 is 5.43 Å². The molecular weight excluding hydrogens is 368 g/mol. The SMILES string of the molecule is O=C(C(Br)=NNc1ccccc1)c1cc2cc(Cl)ccc2o1. The van der Waals surface area contributed by atoms with Crippen molar-refractivity contribution in [3.63, 3.8) is 0 Å². The first kappa shape index (κ1) is 14.8. The molecule has 6 heteroatoms. The molecule has 0 amide bonds. The second-order valence-corrected chi connectivity index (χ2v) is 5.69. The van der Waals surface area contributed by atoms with E-state index in [4.69, 9.17) is 16.0 Å². The number of nitrogens with zero attached hydrogens (tertiary/aromatic N) is 1. The first-order valence-corrected chi connectivity index (χ1v) is 7.58. The molecule has 0 saturated carbocycles. The van der Waals surface area contributed by atoms with Crippen LogP contribution in [0.4, 0.5) is 5.69 Å². The minimum atomic E-state index is -0.351. The van der Waals surface area contributed by atoms with Crippen LogP contribution in [0, 0.1) is 0 Å². The quantitative estimate of drug-likeness (QED) is 0.391. The zero-order valence-corrected chi connectivity index (χ0v) is 13.6. The van der Waals surface area contributed by atoms with Crippen molar-refractivity contribution in [1.82, 2.24) is 0 Å². The molecule has 0 aliphatic heterocycles. The van der Waals surface area contributed by atoms with Gasteiger partial charge >= 0.3 is 0 Å². The largest absolute Gasteiger partial charge is 0.452 e. The molecular formula is C16H10BrClN2O2. The van der Waals surface area contributed by atoms with Crippen LogP contribution >= 0.6 is 27.5 Å². The molecule has 0 aliphatic carbocycles. The number of carbonyl (C=O) groups is 1. The number of Topliss-reactive ketones (excluding diaryl/α,β-unsaturated/α-hetero) is 1. The van der Waals surface area contributed by atoms with E-state index in [1.807, 2.05) is 30.3 Å². The zero-order chi connectivity index (χ0) is 15.5. The predicted octanol–water partition coefficient (Wildman–Crippen LogP) is 5.09. The van der Waals surface area contributed by atoms with Crippen LogP contribution in [0.3, 0.4) is 0 Å². The standard InChI is InChI=1S/C16H10BrClN2O2/c17-16(20-19-12-4-2-1-3-5-12)15(21)14-9-10-8-11(18)6-7-13(10)22-14/h1-9,19H. The van der Waals surface area contributed by atoms with Crippen LogP contribution in [-0.4, -0.2) is 10.4 Å². The number of hydrazone groups is 1. The lowest BCUT2D eigenvalue weighted by Crippen LogP contribution is -2.08. The third-order valence-corrected chi connectivity index (χ3v) is 3.72. The monoisotopic (exact) mass is 376 g/mol. The average Bonchev–Trinajstić information content (AvgIpc) is 2.95. The van der Waals surface area contributed by atoms with E-state index in [0.717, 1.165) is 11.1 Å². The summed E-state index contributed by atoms with van der Waals surface area (Å²) >= 11 is 9.08. The van der Waals surface area contributed by atoms with E-state index < -0.39 is 0 Å². The van der Waals surface area contributed by atoms with Crippen LogP contribution in [0.1, 0.15) is 10.6 Å². The van der Waals surface area contributed by atoms with Crippen molar-refractivity contribution in [2.24, 2.45) is 5.10 Å². The summed E-state index contributed by atoms with van der Waals surface area (Å²) in [4.78, 5) is 12.3. The fraction of sp³-hybridized carbons (Fsp3) is 0. The third kappa shape index (κ3) is 3.21. The van der Waals surface area contributed by atoms with Gasteiger partial charge in [0.2, 0.25) is 0 Å². The Hall–Kier alpha value is -2.11. The summed E-state index contributed by atoms with van der Waals surface area (Å²) in [5.41, 5.74) is 4.18. The highest BCUT2D eigenvalue weighted by Crippen LogP contribution is 2.24. The number of halogens is 2. The van der Waals surface area contributed by atoms with Gasteiger partial charge in [-0.25, -0.2) is 0 Å². The van der Waals surface area contributed by atoms with Crippen molar-refractivity contribution in [3.05, 3.63) is 65.4 Å². The second kappa shape index (κ2) is 6.34. The fourth-order valence-corrected chi connectivity index (χ4v) is 2.37. The molecule has 0 fully saturated rings. The summed E-state index contributed by atoms with van der Waals surface area (Å²) in [5.74, 6) is -0.154. The maximum atomic E-state index is 12.3. The first-order valence-electron chi connectivity index (χ1n) is 6.41. The Morgan fingerprint density at radius 2 is 1.91 bits per heavy atom. The summed E-state index contributed by atoms with van der Waals surface area (Å²) < 4.78 is 5.64. The normalized spacial score (nSPS) is 11.6. The summed E-state index contributed by atoms with van der Waals surface area (Å²) in [6, 6.07) is 16.1. The minimum Gasteiger partial charge on any atom is -0.452 e. The van der Waals surface area contributed by atoms with Gasteiger partial charge < -0.3 is 4.42 Å². The molecule has 22 heavy (non-hydrogen) atoms. The number of hydrogen-bond donors (Lipinski definition) is 1. The number of rotatable bonds is 4. The highest BCUT2D eigenvalue weighted by molar-refractivity contribution is 9.19. The summed E-state index contributed by atoms with van der Waals surface area (Å²) in [6.07, 6.45) is 0. The van der Waals surface area contributed by atoms with Gasteiger partial charge in [-0.15, -0.1) is 0 Å². The number of nitrogens with one attached hydrogen (secondary N) is 1. The van der Waals surface area contributed by atoms with Gasteiger partial charge in [-0.1, -0.05) is 29.8 Å². The van der Waals surface area contributed by atoms with Crippen molar-refractivity contribution in [2.75, 3.05) is 5.43 Å². The zero-order valence-electron chi connectivity index (χ0n) is 11.2. The highest BCUT2D eigenvalue weighted by atomic mass is 79.9. The van der Waals surface area contributed by atoms with Gasteiger partial charge in [0.25, 0.3) is 5.78 Å². The fourth-order valence-electron chi connectivity index (χ4n) is 1.90. The van der Waals surface area contributed by atoms with E-state index in [1.165, 1.54) is 0 Å². The maximum absolute atomic E-state index is 12.3. The number of anilines is 1. The first-order chi connectivity index (χ1) is 10.6. The van der Waals surface area contributed by atoms with Gasteiger partial charge in [-0.05, 0) is 52.3 Å². The molecule has 2 aromatic carbocycles. The molecule has 0 aliphatic rings. The summed E-state index contributed by atoms with van der Waals surface area (Å²) in [5, 5.41) is 5.37. The highest BCUT2D eigenvalue weighted by Gasteiger charge is 2.17. The molecule has 1 N–H and O–H groups in total. The van der Waals surface area contributed by atoms with Crippen LogP contribution in [0.5, 0.6) is 0 Å². The van der Waals surface area contributed by atoms with Crippen LogP contribution in [-0.2, 0) is 0 Å². The van der Waals surface area contributed by atoms with Crippen molar-refractivity contribution < 1.29 is 9.21 Å². The Balaban J connectivity index is 1.82. The van der Waals surface area contributed by atoms with Crippen LogP contribution in [0.2, 0.25) is 5.02 Å². The lowest BCUT2D eigenvalue weighted by atomic mass is 10.2. The van der Waals surface area contributed by atoms with Crippen molar-refractivity contribution in [1.29, 1.82) is 0 Å². The number of hydrogen-bond acceptors (Lipinski definition) is 4. The van der Waals surface area contributed by atoms with Crippen molar-refractivity contribution >= 4 is 54.6 Å². The minimum absolute atomic E-state index is 0.126. The molecule has 4 nitrogen and oxygen atoms in total. The average molecular weight is 378 g/mol. The predicted molar refractivity (Wildman–Crippen MR) is 92.0 cm³/mol. The molecule has 0 bridgehead atoms. The maximum Gasteiger partial charge on any atom is 0.255 e. The molecule has 1 heterocycles. The molecule has 110 valence electrons. The molecule has 0 saturated heterocycles. The Kier molecular flexibility index (Phi) is 4.27. The lowest BCUT2D eigenvalue weighted by molar-refractivity contribution is 0.104. The molecule has 1 aromatic heterocycles. The molecule has 0 spiro atoms. The van der Waals surface area contributed by atoms with Crippen LogP contribution in [0.25, 0.3) is 11.0 Å². The Morgan fingerprint density at radius 1 is 1.14 bits per heavy atom. The van der Waals surface area contributed by atoms with Gasteiger partial charge in [0.05, 0.1) is 5.69 Å². The van der Waals surface area contributed by atoms with E-state index >= 15 is 0 Å². The van der Waals surface area contributed by atoms with Gasteiger partial charge in [0.1, 0.15) is 5.58 Å². The van der Waals surface area contributed by atoms with E-state index in [2.05, 4.69) is 26.5 Å². The Bertz CT molecular complexity index is 859. The molecule has 3 aromatic rings. The van der Waals surface area contributed by atoms with Crippen molar-refractivity contribution in [3.8, 4) is 0 Å². The number of carbonyl (C=O) groups excluding carboxylic acids is 1. The van der Waals surface area contributed by atoms with E-state index in [-0.39, 0.29) is 16.2 Å². The number of benzene rings is 2. The Labute approximate surface area is 139 Å². The number of ketones is 1. The van der Waals surface area contributed by atoms with Gasteiger partial charge in [0.15, 0.2) is 10.4 Å². The number of furan rings is 1. The number of para-hydroxylation sites is 1. The number of fused-ring (bicyclic) bond motifs is 1. The van der Waals surface area contributed by atoms with E-state index in [0.29, 0.717) is 10.6 Å². The molecule has 3 rings (SSSR count). The van der Waals surface area contributed by atoms with E-state index in [1.54, 1.807) is 24.3 Å². The second-order valence-electron chi connectivity index (χ2n) is 4.50. The topological polar surface area (TPSA) is 54.6 Å². The lowest BCUT2D eigenvalue weighted by Gasteiger charge is -2.00.